The van der Waals surface area contributed by atoms with Crippen molar-refractivity contribution in [2.24, 2.45) is 0 Å². The Morgan fingerprint density at radius 3 is 1.51 bits per heavy atom. The van der Waals surface area contributed by atoms with E-state index in [0.29, 0.717) is 0 Å². The van der Waals surface area contributed by atoms with Crippen molar-refractivity contribution in [1.82, 2.24) is 0 Å². The van der Waals surface area contributed by atoms with Crippen molar-refractivity contribution >= 4 is 132 Å². The molecule has 57 heavy (non-hydrogen) atoms. The Morgan fingerprint density at radius 2 is 0.825 bits per heavy atom. The molecule has 0 amide bonds. The van der Waals surface area contributed by atoms with Gasteiger partial charge in [0, 0.05) is 21.7 Å². The van der Waals surface area contributed by atoms with Gasteiger partial charge in [-0.05, 0) is 96.0 Å². The van der Waals surface area contributed by atoms with Gasteiger partial charge in [0.15, 0.2) is 0 Å². The standard InChI is InChI=1S/C50H35B5O2/c51-46-45(47(52)49(54)50(55)48(46)53)44-34-12-3-1-10-32(34)42(33-11-2-4-13-35(33)44)31-18-8-16-29-28(15-7-17-30(29)31)26-22-23-38-27(24-26)25-41(56-38)37-19-9-21-40-43(37)36-14-5-6-20-39(36)57-40/h1-25H,51-55H2. The quantitative estimate of drug-likeness (QED) is 0.171. The first-order valence-electron chi connectivity index (χ1n) is 19.8. The summed E-state index contributed by atoms with van der Waals surface area (Å²) >= 11 is 0. The number of benzene rings is 9. The first-order valence-corrected chi connectivity index (χ1v) is 19.8. The minimum atomic E-state index is 0.836. The van der Waals surface area contributed by atoms with Crippen LogP contribution < -0.4 is 27.3 Å². The molecular weight excluding hydrogens is 687 g/mol. The lowest BCUT2D eigenvalue weighted by atomic mass is 9.59. The molecule has 262 valence electrons. The molecule has 0 saturated carbocycles. The first kappa shape index (κ1) is 33.7. The molecule has 2 aromatic heterocycles. The molecule has 0 spiro atoms. The fourth-order valence-electron chi connectivity index (χ4n) is 9.67. The van der Waals surface area contributed by atoms with E-state index in [-0.39, 0.29) is 0 Å². The monoisotopic (exact) mass is 722 g/mol. The predicted octanol–water partition coefficient (Wildman–Crippen LogP) is 5.75. The smallest absolute Gasteiger partial charge is 0.139 e. The maximum atomic E-state index is 6.55. The average molecular weight is 722 g/mol. The third-order valence-corrected chi connectivity index (χ3v) is 12.9. The summed E-state index contributed by atoms with van der Waals surface area (Å²) in [6.45, 7) is 0. The van der Waals surface area contributed by atoms with Gasteiger partial charge in [-0.3, -0.25) is 0 Å². The maximum Gasteiger partial charge on any atom is 0.139 e. The third kappa shape index (κ3) is 4.98. The van der Waals surface area contributed by atoms with Crippen molar-refractivity contribution in [3.63, 3.8) is 0 Å². The van der Waals surface area contributed by atoms with Crippen LogP contribution in [-0.2, 0) is 0 Å². The number of hydrogen-bond donors (Lipinski definition) is 0. The topological polar surface area (TPSA) is 26.3 Å². The largest absolute Gasteiger partial charge is 0.456 e. The first-order chi connectivity index (χ1) is 27.9. The highest BCUT2D eigenvalue weighted by Gasteiger charge is 2.22. The number of fused-ring (bicyclic) bond motifs is 7. The zero-order valence-electron chi connectivity index (χ0n) is 32.8. The number of hydrogen-bond acceptors (Lipinski definition) is 2. The van der Waals surface area contributed by atoms with Crippen LogP contribution >= 0.6 is 0 Å². The fourth-order valence-corrected chi connectivity index (χ4v) is 9.67. The molecule has 11 aromatic rings. The van der Waals surface area contributed by atoms with E-state index in [1.165, 1.54) is 87.4 Å². The van der Waals surface area contributed by atoms with Gasteiger partial charge in [-0.25, -0.2) is 0 Å². The molecule has 0 fully saturated rings. The minimum absolute atomic E-state index is 0.836. The van der Waals surface area contributed by atoms with E-state index in [9.17, 15) is 0 Å². The van der Waals surface area contributed by atoms with Gasteiger partial charge >= 0.3 is 0 Å². The molecule has 0 radical (unpaired) electrons. The van der Waals surface area contributed by atoms with Crippen LogP contribution in [0.2, 0.25) is 0 Å². The van der Waals surface area contributed by atoms with E-state index in [2.05, 4.69) is 167 Å². The summed E-state index contributed by atoms with van der Waals surface area (Å²) in [5, 5.41) is 10.8. The highest BCUT2D eigenvalue weighted by Crippen LogP contribution is 2.46. The summed E-state index contributed by atoms with van der Waals surface area (Å²) < 4.78 is 12.8. The summed E-state index contributed by atoms with van der Waals surface area (Å²) in [5.74, 6) is 0.836. The summed E-state index contributed by atoms with van der Waals surface area (Å²) in [5.41, 5.74) is 18.1. The molecule has 0 bridgehead atoms. The second-order valence-electron chi connectivity index (χ2n) is 15.7. The van der Waals surface area contributed by atoms with E-state index in [1.54, 1.807) is 0 Å². The maximum absolute atomic E-state index is 6.55. The Morgan fingerprint density at radius 1 is 0.316 bits per heavy atom. The Labute approximate surface area is 335 Å². The zero-order valence-corrected chi connectivity index (χ0v) is 32.8. The van der Waals surface area contributed by atoms with Crippen LogP contribution in [0, 0.1) is 0 Å². The summed E-state index contributed by atoms with van der Waals surface area (Å²) in [6.07, 6.45) is 0. The van der Waals surface area contributed by atoms with Crippen LogP contribution in [0.5, 0.6) is 0 Å². The Hall–Kier alpha value is -6.58. The van der Waals surface area contributed by atoms with Gasteiger partial charge in [-0.1, -0.05) is 132 Å². The highest BCUT2D eigenvalue weighted by molar-refractivity contribution is 6.69. The normalized spacial score (nSPS) is 11.9. The van der Waals surface area contributed by atoms with Gasteiger partial charge in [-0.2, -0.15) is 0 Å². The molecule has 0 saturated heterocycles. The Bertz CT molecular complexity index is 3400. The van der Waals surface area contributed by atoms with Crippen molar-refractivity contribution in [3.05, 3.63) is 152 Å². The lowest BCUT2D eigenvalue weighted by molar-refractivity contribution is 0.632. The molecule has 0 atom stereocenters. The van der Waals surface area contributed by atoms with Crippen molar-refractivity contribution in [3.8, 4) is 44.7 Å². The van der Waals surface area contributed by atoms with Crippen LogP contribution in [0.4, 0.5) is 0 Å². The van der Waals surface area contributed by atoms with Crippen molar-refractivity contribution in [2.45, 2.75) is 0 Å². The lowest BCUT2D eigenvalue weighted by Crippen LogP contribution is -2.55. The van der Waals surface area contributed by atoms with E-state index < -0.39 is 0 Å². The Kier molecular flexibility index (Phi) is 7.53. The highest BCUT2D eigenvalue weighted by atomic mass is 16.3. The SMILES string of the molecule is Bc1c(B)c(B)c(-c2c3ccccc3c(-c3cccc4c(-c5ccc6oc(-c7cccc8oc9ccccc9c78)cc6c5)cccc34)c3ccccc23)c(B)c1B. The van der Waals surface area contributed by atoms with Gasteiger partial charge in [-0.15, -0.1) is 16.4 Å². The molecule has 9 aromatic carbocycles. The van der Waals surface area contributed by atoms with Crippen molar-refractivity contribution < 1.29 is 8.83 Å². The van der Waals surface area contributed by atoms with Gasteiger partial charge < -0.3 is 8.83 Å². The number of rotatable bonds is 4. The van der Waals surface area contributed by atoms with E-state index in [0.717, 1.165) is 49.8 Å². The van der Waals surface area contributed by atoms with E-state index in [4.69, 9.17) is 8.83 Å². The van der Waals surface area contributed by atoms with E-state index in [1.807, 2.05) is 24.3 Å². The minimum Gasteiger partial charge on any atom is -0.456 e. The van der Waals surface area contributed by atoms with Gasteiger partial charge in [0.2, 0.25) is 0 Å². The second-order valence-corrected chi connectivity index (χ2v) is 15.7. The van der Waals surface area contributed by atoms with Gasteiger partial charge in [0.05, 0.1) is 0 Å². The number of para-hydroxylation sites is 1. The lowest BCUT2D eigenvalue weighted by Gasteiger charge is -2.24. The summed E-state index contributed by atoms with van der Waals surface area (Å²) in [4.78, 5) is 0. The summed E-state index contributed by atoms with van der Waals surface area (Å²) in [7, 11) is 11.4. The molecule has 0 aliphatic carbocycles. The third-order valence-electron chi connectivity index (χ3n) is 12.9. The van der Waals surface area contributed by atoms with E-state index >= 15 is 0 Å². The molecule has 2 heterocycles. The van der Waals surface area contributed by atoms with Gasteiger partial charge in [0.25, 0.3) is 0 Å². The molecule has 0 unspecified atom stereocenters. The van der Waals surface area contributed by atoms with Crippen LogP contribution in [0.1, 0.15) is 0 Å². The molecule has 7 heteroatoms. The van der Waals surface area contributed by atoms with Crippen LogP contribution in [0.3, 0.4) is 0 Å². The number of furan rings is 2. The molecule has 2 nitrogen and oxygen atoms in total. The second kappa shape index (κ2) is 12.7. The molecule has 0 aliphatic heterocycles. The predicted molar refractivity (Wildman–Crippen MR) is 259 cm³/mol. The fraction of sp³-hybridized carbons (Fsp3) is 0. The van der Waals surface area contributed by atoms with Gasteiger partial charge in [0.1, 0.15) is 61.7 Å². The van der Waals surface area contributed by atoms with Crippen LogP contribution in [-0.4, -0.2) is 39.2 Å². The average Bonchev–Trinajstić information content (AvgIpc) is 3.86. The van der Waals surface area contributed by atoms with Crippen molar-refractivity contribution in [2.75, 3.05) is 0 Å². The molecule has 11 rings (SSSR count). The van der Waals surface area contributed by atoms with Crippen LogP contribution in [0.15, 0.2) is 160 Å². The Balaban J connectivity index is 1.10. The zero-order chi connectivity index (χ0) is 38.5. The van der Waals surface area contributed by atoms with Crippen molar-refractivity contribution in [1.29, 1.82) is 0 Å². The van der Waals surface area contributed by atoms with Crippen LogP contribution in [0.25, 0.3) is 110 Å². The molecule has 0 N–H and O–H groups in total. The molecular formula is C50H35B5O2. The summed E-state index contributed by atoms with van der Waals surface area (Å²) in [6, 6.07) is 54.8. The molecule has 0 aliphatic rings.